The molecule has 0 amide bonds. The van der Waals surface area contributed by atoms with E-state index in [1.54, 1.807) is 39.8 Å². The summed E-state index contributed by atoms with van der Waals surface area (Å²) in [4.78, 5) is 31.2. The zero-order valence-corrected chi connectivity index (χ0v) is 23.2. The molecule has 4 rings (SSSR count). The Hall–Kier alpha value is -3.13. The van der Waals surface area contributed by atoms with Gasteiger partial charge in [-0.25, -0.2) is 14.6 Å². The van der Waals surface area contributed by atoms with Crippen molar-refractivity contribution >= 4 is 46.5 Å². The van der Waals surface area contributed by atoms with Gasteiger partial charge in [0.1, 0.15) is 5.01 Å². The van der Waals surface area contributed by atoms with Crippen LogP contribution in [0.25, 0.3) is 21.8 Å². The van der Waals surface area contributed by atoms with Crippen LogP contribution in [0, 0.1) is 0 Å². The number of aromatic nitrogens is 1. The number of benzene rings is 2. The van der Waals surface area contributed by atoms with Gasteiger partial charge < -0.3 is 14.8 Å². The van der Waals surface area contributed by atoms with Crippen molar-refractivity contribution in [2.45, 2.75) is 33.6 Å². The normalized spacial score (nSPS) is 14.0. The molecule has 0 fully saturated rings. The maximum atomic E-state index is 13.2. The first-order chi connectivity index (χ1) is 17.8. The van der Waals surface area contributed by atoms with Crippen molar-refractivity contribution in [1.29, 1.82) is 0 Å². The second-order valence-electron chi connectivity index (χ2n) is 8.33. The van der Waals surface area contributed by atoms with Gasteiger partial charge in [-0.15, -0.1) is 11.3 Å². The Labute approximate surface area is 229 Å². The third-order valence-electron chi connectivity index (χ3n) is 5.96. The topological polar surface area (TPSA) is 77.5 Å². The fourth-order valence-corrected chi connectivity index (χ4v) is 5.80. The van der Waals surface area contributed by atoms with E-state index in [2.05, 4.69) is 5.32 Å². The number of nitrogens with one attached hydrogen (secondary N) is 1. The molecule has 37 heavy (non-hydrogen) atoms. The third kappa shape index (κ3) is 5.44. The predicted molar refractivity (Wildman–Crippen MR) is 148 cm³/mol. The number of dihydropyridines is 1. The van der Waals surface area contributed by atoms with Gasteiger partial charge in [0, 0.05) is 32.9 Å². The summed E-state index contributed by atoms with van der Waals surface area (Å²) in [6.45, 7) is 7.52. The highest BCUT2D eigenvalue weighted by molar-refractivity contribution is 7.13. The van der Waals surface area contributed by atoms with E-state index in [0.29, 0.717) is 38.3 Å². The molecule has 0 saturated carbocycles. The first kappa shape index (κ1) is 26.9. The van der Waals surface area contributed by atoms with E-state index in [1.807, 2.05) is 35.7 Å². The summed E-state index contributed by atoms with van der Waals surface area (Å²) in [5.41, 5.74) is 4.97. The Morgan fingerprint density at radius 3 is 2.16 bits per heavy atom. The minimum absolute atomic E-state index is 0.207. The second-order valence-corrected chi connectivity index (χ2v) is 10.0. The van der Waals surface area contributed by atoms with E-state index in [0.717, 1.165) is 21.7 Å². The fourth-order valence-electron chi connectivity index (χ4n) is 4.43. The molecule has 6 nitrogen and oxygen atoms in total. The molecule has 0 bridgehead atoms. The fraction of sp³-hybridized carbons (Fsp3) is 0.250. The maximum absolute atomic E-state index is 13.2. The van der Waals surface area contributed by atoms with E-state index in [-0.39, 0.29) is 13.2 Å². The lowest BCUT2D eigenvalue weighted by molar-refractivity contribution is -0.139. The number of rotatable bonds is 7. The summed E-state index contributed by atoms with van der Waals surface area (Å²) < 4.78 is 10.8. The van der Waals surface area contributed by atoms with E-state index in [9.17, 15) is 9.59 Å². The first-order valence-corrected chi connectivity index (χ1v) is 13.4. The molecule has 3 aromatic rings. The Kier molecular flexibility index (Phi) is 8.37. The molecular weight excluding hydrogens is 531 g/mol. The number of halogens is 2. The van der Waals surface area contributed by atoms with E-state index in [1.165, 1.54) is 11.3 Å². The number of hydrogen-bond donors (Lipinski definition) is 1. The van der Waals surface area contributed by atoms with Crippen LogP contribution in [0.1, 0.15) is 39.2 Å². The zero-order chi connectivity index (χ0) is 26.7. The van der Waals surface area contributed by atoms with Crippen LogP contribution in [0.5, 0.6) is 0 Å². The molecule has 2 aromatic carbocycles. The number of hydrogen-bond acceptors (Lipinski definition) is 7. The number of carbonyl (C=O) groups excluding carboxylic acids is 2. The van der Waals surface area contributed by atoms with Crippen LogP contribution in [-0.4, -0.2) is 30.1 Å². The average Bonchev–Trinajstić information content (AvgIpc) is 3.33. The Bertz CT molecular complexity index is 1390. The Balaban J connectivity index is 1.89. The zero-order valence-electron chi connectivity index (χ0n) is 20.9. The standard InChI is InChI=1S/C28H26Cl2N2O4S/c1-5-35-27(33)23-15(3)31-16(4)24(28(34)36-6-2)25(23)18-9-7-8-10-19(18)26-32-22(14-37-26)20-12-11-17(29)13-21(20)30/h7-14,25,31H,5-6H2,1-4H3. The number of allylic oxidation sites excluding steroid dienone is 2. The maximum Gasteiger partial charge on any atom is 0.336 e. The smallest absolute Gasteiger partial charge is 0.336 e. The van der Waals surface area contributed by atoms with Crippen molar-refractivity contribution in [3.05, 3.63) is 86.0 Å². The van der Waals surface area contributed by atoms with Gasteiger partial charge in [0.2, 0.25) is 0 Å². The van der Waals surface area contributed by atoms with Crippen LogP contribution < -0.4 is 5.32 Å². The van der Waals surface area contributed by atoms with Crippen LogP contribution in [0.3, 0.4) is 0 Å². The van der Waals surface area contributed by atoms with E-state index >= 15 is 0 Å². The third-order valence-corrected chi connectivity index (χ3v) is 7.39. The molecular formula is C28H26Cl2N2O4S. The largest absolute Gasteiger partial charge is 0.463 e. The highest BCUT2D eigenvalue weighted by atomic mass is 35.5. The highest BCUT2D eigenvalue weighted by Crippen LogP contribution is 2.44. The number of esters is 2. The molecule has 1 aromatic heterocycles. The van der Waals surface area contributed by atoms with Crippen LogP contribution in [0.15, 0.2) is 70.4 Å². The lowest BCUT2D eigenvalue weighted by atomic mass is 9.78. The minimum atomic E-state index is -0.706. The van der Waals surface area contributed by atoms with Gasteiger partial charge in [-0.3, -0.25) is 0 Å². The summed E-state index contributed by atoms with van der Waals surface area (Å²) in [6, 6.07) is 12.9. The van der Waals surface area contributed by atoms with E-state index < -0.39 is 17.9 Å². The van der Waals surface area contributed by atoms with Crippen molar-refractivity contribution in [2.24, 2.45) is 0 Å². The van der Waals surface area contributed by atoms with Gasteiger partial charge in [-0.2, -0.15) is 0 Å². The van der Waals surface area contributed by atoms with Gasteiger partial charge in [-0.05, 0) is 51.5 Å². The summed E-state index contributed by atoms with van der Waals surface area (Å²) >= 11 is 13.9. The van der Waals surface area contributed by atoms with Crippen molar-refractivity contribution < 1.29 is 19.1 Å². The van der Waals surface area contributed by atoms with Crippen LogP contribution in [0.2, 0.25) is 10.0 Å². The molecule has 2 heterocycles. The molecule has 0 spiro atoms. The highest BCUT2D eigenvalue weighted by Gasteiger charge is 2.39. The SMILES string of the molecule is CCOC(=O)C1=C(C)NC(C)=C(C(=O)OCC)C1c1ccccc1-c1nc(-c2ccc(Cl)cc2Cl)cs1. The van der Waals surface area contributed by atoms with Crippen LogP contribution in [0.4, 0.5) is 0 Å². The average molecular weight is 557 g/mol. The van der Waals surface area contributed by atoms with Gasteiger partial charge >= 0.3 is 11.9 Å². The van der Waals surface area contributed by atoms with Gasteiger partial charge in [0.25, 0.3) is 0 Å². The molecule has 9 heteroatoms. The van der Waals surface area contributed by atoms with Gasteiger partial charge in [0.05, 0.1) is 41.0 Å². The molecule has 1 aliphatic heterocycles. The van der Waals surface area contributed by atoms with Crippen molar-refractivity contribution in [1.82, 2.24) is 10.3 Å². The number of carbonyl (C=O) groups is 2. The summed E-state index contributed by atoms with van der Waals surface area (Å²) in [5, 5.41) is 6.86. The first-order valence-electron chi connectivity index (χ1n) is 11.8. The second kappa shape index (κ2) is 11.5. The van der Waals surface area contributed by atoms with Crippen molar-refractivity contribution in [2.75, 3.05) is 13.2 Å². The lowest BCUT2D eigenvalue weighted by Crippen LogP contribution is -2.32. The Morgan fingerprint density at radius 2 is 1.57 bits per heavy atom. The summed E-state index contributed by atoms with van der Waals surface area (Å²) in [7, 11) is 0. The van der Waals surface area contributed by atoms with Gasteiger partial charge in [0.15, 0.2) is 0 Å². The number of nitrogens with zero attached hydrogens (tertiary/aromatic N) is 1. The summed E-state index contributed by atoms with van der Waals surface area (Å²) in [5.74, 6) is -1.69. The lowest BCUT2D eigenvalue weighted by Gasteiger charge is -2.31. The molecule has 1 N–H and O–H groups in total. The number of ether oxygens (including phenoxy) is 2. The Morgan fingerprint density at radius 1 is 0.946 bits per heavy atom. The molecule has 0 unspecified atom stereocenters. The molecule has 0 atom stereocenters. The van der Waals surface area contributed by atoms with Crippen LogP contribution in [-0.2, 0) is 19.1 Å². The van der Waals surface area contributed by atoms with Crippen LogP contribution >= 0.6 is 34.5 Å². The molecule has 192 valence electrons. The number of thiazole rings is 1. The summed E-state index contributed by atoms with van der Waals surface area (Å²) in [6.07, 6.45) is 0. The van der Waals surface area contributed by atoms with Crippen molar-refractivity contribution in [3.8, 4) is 21.8 Å². The predicted octanol–water partition coefficient (Wildman–Crippen LogP) is 7.14. The molecule has 0 saturated heterocycles. The molecule has 0 radical (unpaired) electrons. The molecule has 0 aliphatic carbocycles. The van der Waals surface area contributed by atoms with Gasteiger partial charge in [-0.1, -0.05) is 47.5 Å². The minimum Gasteiger partial charge on any atom is -0.463 e. The van der Waals surface area contributed by atoms with Crippen molar-refractivity contribution in [3.63, 3.8) is 0 Å². The molecule has 1 aliphatic rings. The van der Waals surface area contributed by atoms with E-state index in [4.69, 9.17) is 37.7 Å². The quantitative estimate of drug-likeness (QED) is 0.311. The monoisotopic (exact) mass is 556 g/mol.